The molecule has 0 aliphatic heterocycles. The van der Waals surface area contributed by atoms with Crippen molar-refractivity contribution in [2.24, 2.45) is 4.99 Å². The molecule has 2 rings (SSSR count). The molecule has 142 valence electrons. The van der Waals surface area contributed by atoms with Gasteiger partial charge in [0.15, 0.2) is 5.96 Å². The van der Waals surface area contributed by atoms with E-state index in [9.17, 15) is 8.42 Å². The third-order valence-electron chi connectivity index (χ3n) is 3.65. The third kappa shape index (κ3) is 6.83. The van der Waals surface area contributed by atoms with Gasteiger partial charge in [-0.05, 0) is 31.9 Å². The van der Waals surface area contributed by atoms with Crippen LogP contribution in [0.5, 0.6) is 0 Å². The third-order valence-corrected chi connectivity index (χ3v) is 4.62. The van der Waals surface area contributed by atoms with Gasteiger partial charge in [-0.3, -0.25) is 4.57 Å². The maximum absolute atomic E-state index is 11.3. The minimum Gasteiger partial charge on any atom is -0.357 e. The van der Waals surface area contributed by atoms with Crippen molar-refractivity contribution in [3.63, 3.8) is 0 Å². The van der Waals surface area contributed by atoms with Crippen molar-refractivity contribution in [2.75, 3.05) is 18.6 Å². The number of nitrogens with zero attached hydrogens (tertiary/aromatic N) is 4. The normalized spacial score (nSPS) is 13.4. The highest BCUT2D eigenvalue weighted by atomic mass is 32.2. The molecule has 0 aromatic carbocycles. The predicted octanol–water partition coefficient (Wildman–Crippen LogP) is 1.15. The number of aromatic nitrogens is 3. The molecule has 2 N–H and O–H groups in total. The number of aliphatic imine (C=N–C) groups is 1. The van der Waals surface area contributed by atoms with E-state index in [-0.39, 0.29) is 11.8 Å². The van der Waals surface area contributed by atoms with Gasteiger partial charge in [-0.25, -0.2) is 23.4 Å². The van der Waals surface area contributed by atoms with Gasteiger partial charge < -0.3 is 10.6 Å². The number of hydrogen-bond donors (Lipinski definition) is 2. The molecule has 0 saturated heterocycles. The molecule has 2 aromatic heterocycles. The molecule has 1 unspecified atom stereocenters. The van der Waals surface area contributed by atoms with Crippen LogP contribution in [0.4, 0.5) is 0 Å². The lowest BCUT2D eigenvalue weighted by molar-refractivity contribution is 0.581. The van der Waals surface area contributed by atoms with Gasteiger partial charge in [0.25, 0.3) is 0 Å². The van der Waals surface area contributed by atoms with E-state index in [0.29, 0.717) is 18.9 Å². The SMILES string of the molecule is CCNC(=NCc1ccc(-n2ccnc2)nc1)NC(C)CCS(C)(=O)=O. The molecule has 2 aromatic rings. The lowest BCUT2D eigenvalue weighted by Gasteiger charge is -2.17. The number of imidazole rings is 1. The number of sulfone groups is 1. The van der Waals surface area contributed by atoms with E-state index in [4.69, 9.17) is 0 Å². The summed E-state index contributed by atoms with van der Waals surface area (Å²) in [7, 11) is -2.96. The molecule has 2 heterocycles. The van der Waals surface area contributed by atoms with Crippen LogP contribution in [0.15, 0.2) is 42.0 Å². The Bertz CT molecular complexity index is 800. The Morgan fingerprint density at radius 1 is 1.38 bits per heavy atom. The van der Waals surface area contributed by atoms with Gasteiger partial charge in [0.2, 0.25) is 0 Å². The van der Waals surface area contributed by atoms with Crippen molar-refractivity contribution in [3.05, 3.63) is 42.6 Å². The molecular formula is C17H26N6O2S. The van der Waals surface area contributed by atoms with Crippen LogP contribution in [-0.4, -0.2) is 53.5 Å². The zero-order valence-electron chi connectivity index (χ0n) is 15.4. The summed E-state index contributed by atoms with van der Waals surface area (Å²) in [4.78, 5) is 13.0. The molecule has 1 atom stereocenters. The Labute approximate surface area is 154 Å². The van der Waals surface area contributed by atoms with Crippen molar-refractivity contribution in [1.29, 1.82) is 0 Å². The minimum atomic E-state index is -2.96. The maximum Gasteiger partial charge on any atom is 0.191 e. The zero-order chi connectivity index (χ0) is 19.0. The van der Waals surface area contributed by atoms with E-state index >= 15 is 0 Å². The molecule has 0 bridgehead atoms. The van der Waals surface area contributed by atoms with Crippen LogP contribution in [0.3, 0.4) is 0 Å². The molecule has 9 heteroatoms. The molecule has 0 saturated carbocycles. The second-order valence-electron chi connectivity index (χ2n) is 6.15. The summed E-state index contributed by atoms with van der Waals surface area (Å²) in [6, 6.07) is 3.90. The first-order chi connectivity index (χ1) is 12.4. The summed E-state index contributed by atoms with van der Waals surface area (Å²) < 4.78 is 24.4. The Hall–Kier alpha value is -2.42. The van der Waals surface area contributed by atoms with Gasteiger partial charge in [0.05, 0.1) is 12.3 Å². The molecule has 0 aliphatic carbocycles. The van der Waals surface area contributed by atoms with Crippen LogP contribution in [0.2, 0.25) is 0 Å². The highest BCUT2D eigenvalue weighted by Gasteiger charge is 2.09. The fraction of sp³-hybridized carbons (Fsp3) is 0.471. The molecule has 26 heavy (non-hydrogen) atoms. The summed E-state index contributed by atoms with van der Waals surface area (Å²) in [5, 5.41) is 6.41. The molecular weight excluding hydrogens is 352 g/mol. The van der Waals surface area contributed by atoms with Crippen LogP contribution in [0.1, 0.15) is 25.8 Å². The van der Waals surface area contributed by atoms with E-state index in [2.05, 4.69) is 25.6 Å². The highest BCUT2D eigenvalue weighted by Crippen LogP contribution is 2.06. The molecule has 8 nitrogen and oxygen atoms in total. The standard InChI is InChI=1S/C17H26N6O2S/c1-4-19-17(22-14(2)7-10-26(3,24)25)21-12-15-5-6-16(20-11-15)23-9-8-18-13-23/h5-6,8-9,11,13-14H,4,7,10,12H2,1-3H3,(H2,19,21,22). The largest absolute Gasteiger partial charge is 0.357 e. The number of pyridine rings is 1. The lowest BCUT2D eigenvalue weighted by atomic mass is 10.2. The van der Waals surface area contributed by atoms with Gasteiger partial charge in [0, 0.05) is 37.4 Å². The van der Waals surface area contributed by atoms with Crippen molar-refractivity contribution >= 4 is 15.8 Å². The topological polar surface area (TPSA) is 101 Å². The summed E-state index contributed by atoms with van der Waals surface area (Å²) in [6.07, 6.45) is 8.81. The second-order valence-corrected chi connectivity index (χ2v) is 8.41. The molecule has 0 radical (unpaired) electrons. The summed E-state index contributed by atoms with van der Waals surface area (Å²) in [5.41, 5.74) is 0.981. The van der Waals surface area contributed by atoms with Gasteiger partial charge in [-0.2, -0.15) is 0 Å². The first-order valence-electron chi connectivity index (χ1n) is 8.53. The first kappa shape index (κ1) is 19.9. The van der Waals surface area contributed by atoms with E-state index < -0.39 is 9.84 Å². The Kier molecular flexibility index (Phi) is 7.14. The average molecular weight is 379 g/mol. The van der Waals surface area contributed by atoms with Crippen LogP contribution < -0.4 is 10.6 Å². The van der Waals surface area contributed by atoms with E-state index in [1.807, 2.05) is 36.7 Å². The van der Waals surface area contributed by atoms with Crippen LogP contribution in [0, 0.1) is 0 Å². The monoisotopic (exact) mass is 378 g/mol. The van der Waals surface area contributed by atoms with Crippen LogP contribution in [-0.2, 0) is 16.4 Å². The van der Waals surface area contributed by atoms with Crippen molar-refractivity contribution in [2.45, 2.75) is 32.9 Å². The summed E-state index contributed by atoms with van der Waals surface area (Å²) >= 11 is 0. The molecule has 0 spiro atoms. The average Bonchev–Trinajstić information content (AvgIpc) is 3.12. The number of guanidine groups is 1. The zero-order valence-corrected chi connectivity index (χ0v) is 16.2. The fourth-order valence-corrected chi connectivity index (χ4v) is 3.03. The van der Waals surface area contributed by atoms with Crippen molar-refractivity contribution in [1.82, 2.24) is 25.2 Å². The van der Waals surface area contributed by atoms with Crippen molar-refractivity contribution in [3.8, 4) is 5.82 Å². The molecule has 0 aliphatic rings. The first-order valence-corrected chi connectivity index (χ1v) is 10.6. The summed E-state index contributed by atoms with van der Waals surface area (Å²) in [6.45, 7) is 5.13. The number of rotatable bonds is 8. The van der Waals surface area contributed by atoms with E-state index in [1.165, 1.54) is 6.26 Å². The smallest absolute Gasteiger partial charge is 0.191 e. The van der Waals surface area contributed by atoms with Crippen LogP contribution >= 0.6 is 0 Å². The minimum absolute atomic E-state index is 0.00395. The van der Waals surface area contributed by atoms with E-state index in [1.54, 1.807) is 18.7 Å². The second kappa shape index (κ2) is 9.33. The van der Waals surface area contributed by atoms with Gasteiger partial charge in [0.1, 0.15) is 22.0 Å². The number of nitrogens with one attached hydrogen (secondary N) is 2. The Morgan fingerprint density at radius 2 is 2.19 bits per heavy atom. The quantitative estimate of drug-likeness (QED) is 0.528. The Balaban J connectivity index is 1.95. The van der Waals surface area contributed by atoms with Gasteiger partial charge in [-0.1, -0.05) is 6.07 Å². The number of hydrogen-bond acceptors (Lipinski definition) is 5. The lowest BCUT2D eigenvalue weighted by Crippen LogP contribution is -2.42. The van der Waals surface area contributed by atoms with E-state index in [0.717, 1.165) is 17.9 Å². The Morgan fingerprint density at radius 3 is 2.77 bits per heavy atom. The van der Waals surface area contributed by atoms with Crippen molar-refractivity contribution < 1.29 is 8.42 Å². The van der Waals surface area contributed by atoms with Gasteiger partial charge >= 0.3 is 0 Å². The molecule has 0 fully saturated rings. The highest BCUT2D eigenvalue weighted by molar-refractivity contribution is 7.90. The van der Waals surface area contributed by atoms with Crippen LogP contribution in [0.25, 0.3) is 5.82 Å². The summed E-state index contributed by atoms with van der Waals surface area (Å²) in [5.74, 6) is 1.61. The maximum atomic E-state index is 11.3. The van der Waals surface area contributed by atoms with Gasteiger partial charge in [-0.15, -0.1) is 0 Å². The fourth-order valence-electron chi connectivity index (χ4n) is 2.24. The molecule has 0 amide bonds. The predicted molar refractivity (Wildman–Crippen MR) is 103 cm³/mol.